The molecule has 0 spiro atoms. The third kappa shape index (κ3) is 5.29. The number of benzene rings is 3. The van der Waals surface area contributed by atoms with Gasteiger partial charge in [0.25, 0.3) is 0 Å². The lowest BCUT2D eigenvalue weighted by molar-refractivity contribution is -0.137. The fourth-order valence-corrected chi connectivity index (χ4v) is 4.49. The number of halogens is 4. The molecule has 32 heavy (non-hydrogen) atoms. The van der Waals surface area contributed by atoms with Crippen LogP contribution in [0.25, 0.3) is 10.1 Å². The van der Waals surface area contributed by atoms with E-state index in [-0.39, 0.29) is 0 Å². The highest BCUT2D eigenvalue weighted by atomic mass is 35.5. The lowest BCUT2D eigenvalue weighted by Crippen LogP contribution is -2.09. The van der Waals surface area contributed by atoms with Crippen LogP contribution in [0.5, 0.6) is 5.75 Å². The molecule has 0 aliphatic rings. The molecule has 4 rings (SSSR count). The van der Waals surface area contributed by atoms with E-state index in [0.717, 1.165) is 33.3 Å². The Labute approximate surface area is 192 Å². The predicted molar refractivity (Wildman–Crippen MR) is 126 cm³/mol. The first-order valence-corrected chi connectivity index (χ1v) is 11.1. The van der Waals surface area contributed by atoms with Crippen LogP contribution in [0.4, 0.5) is 24.5 Å². The SMILES string of the molecule is COc1cccc(CNc2cc(NCc3csc4ccc(Cl)cc34)cc(C(F)(F)F)c2)c1. The third-order valence-electron chi connectivity index (χ3n) is 4.99. The van der Waals surface area contributed by atoms with Gasteiger partial charge in [0.2, 0.25) is 0 Å². The number of hydrogen-bond acceptors (Lipinski definition) is 4. The average Bonchev–Trinajstić information content (AvgIpc) is 3.17. The van der Waals surface area contributed by atoms with Gasteiger partial charge in [-0.2, -0.15) is 13.2 Å². The van der Waals surface area contributed by atoms with Gasteiger partial charge in [-0.1, -0.05) is 23.7 Å². The zero-order valence-corrected chi connectivity index (χ0v) is 18.7. The van der Waals surface area contributed by atoms with E-state index in [1.807, 2.05) is 47.8 Å². The molecular formula is C24H20ClF3N2OS. The topological polar surface area (TPSA) is 33.3 Å². The van der Waals surface area contributed by atoms with Crippen LogP contribution in [0.3, 0.4) is 0 Å². The van der Waals surface area contributed by atoms with Crippen LogP contribution in [0.1, 0.15) is 16.7 Å². The molecule has 1 heterocycles. The molecule has 0 aliphatic carbocycles. The summed E-state index contributed by atoms with van der Waals surface area (Å²) < 4.78 is 46.8. The maximum atomic E-state index is 13.5. The van der Waals surface area contributed by atoms with Crippen molar-refractivity contribution in [1.29, 1.82) is 0 Å². The number of thiophene rings is 1. The lowest BCUT2D eigenvalue weighted by Gasteiger charge is -2.15. The highest BCUT2D eigenvalue weighted by molar-refractivity contribution is 7.17. The molecule has 0 radical (unpaired) electrons. The fraction of sp³-hybridized carbons (Fsp3) is 0.167. The number of alkyl halides is 3. The van der Waals surface area contributed by atoms with Crippen molar-refractivity contribution in [2.45, 2.75) is 19.3 Å². The minimum absolute atomic E-state index is 0.367. The summed E-state index contributed by atoms with van der Waals surface area (Å²) >= 11 is 7.68. The molecule has 0 saturated heterocycles. The largest absolute Gasteiger partial charge is 0.497 e. The van der Waals surface area contributed by atoms with Crippen LogP contribution < -0.4 is 15.4 Å². The molecule has 0 unspecified atom stereocenters. The molecule has 0 amide bonds. The van der Waals surface area contributed by atoms with Gasteiger partial charge in [-0.3, -0.25) is 0 Å². The van der Waals surface area contributed by atoms with Crippen LogP contribution >= 0.6 is 22.9 Å². The fourth-order valence-electron chi connectivity index (χ4n) is 3.37. The number of ether oxygens (including phenoxy) is 1. The van der Waals surface area contributed by atoms with Gasteiger partial charge in [-0.25, -0.2) is 0 Å². The summed E-state index contributed by atoms with van der Waals surface area (Å²) in [6, 6.07) is 16.9. The Bertz CT molecular complexity index is 1240. The maximum Gasteiger partial charge on any atom is 0.416 e. The summed E-state index contributed by atoms with van der Waals surface area (Å²) in [6.07, 6.45) is -4.45. The van der Waals surface area contributed by atoms with Crippen molar-refractivity contribution in [2.24, 2.45) is 0 Å². The van der Waals surface area contributed by atoms with Crippen LogP contribution in [-0.2, 0) is 19.3 Å². The van der Waals surface area contributed by atoms with E-state index >= 15 is 0 Å². The van der Waals surface area contributed by atoms with Crippen molar-refractivity contribution in [3.63, 3.8) is 0 Å². The normalized spacial score (nSPS) is 11.5. The third-order valence-corrected chi connectivity index (χ3v) is 6.24. The first kappa shape index (κ1) is 22.3. The van der Waals surface area contributed by atoms with E-state index < -0.39 is 11.7 Å². The molecule has 0 fully saturated rings. The molecule has 3 aromatic carbocycles. The molecule has 2 N–H and O–H groups in total. The van der Waals surface area contributed by atoms with Crippen molar-refractivity contribution in [3.8, 4) is 5.75 Å². The standard InChI is InChI=1S/C24H20ClF3N2OS/c1-31-21-4-2-3-15(7-21)12-29-19-8-17(24(26,27)28)9-20(11-19)30-13-16-14-32-23-6-5-18(25)10-22(16)23/h2-11,14,29-30H,12-13H2,1H3. The number of anilines is 2. The van der Waals surface area contributed by atoms with Crippen molar-refractivity contribution in [2.75, 3.05) is 17.7 Å². The predicted octanol–water partition coefficient (Wildman–Crippen LogP) is 7.81. The summed E-state index contributed by atoms with van der Waals surface area (Å²) in [6.45, 7) is 0.753. The summed E-state index contributed by atoms with van der Waals surface area (Å²) in [5.74, 6) is 0.693. The number of methoxy groups -OCH3 is 1. The van der Waals surface area contributed by atoms with Crippen molar-refractivity contribution < 1.29 is 17.9 Å². The zero-order valence-electron chi connectivity index (χ0n) is 17.1. The molecule has 0 saturated carbocycles. The van der Waals surface area contributed by atoms with E-state index in [0.29, 0.717) is 35.2 Å². The van der Waals surface area contributed by atoms with Crippen molar-refractivity contribution in [1.82, 2.24) is 0 Å². The first-order chi connectivity index (χ1) is 15.3. The minimum atomic E-state index is -4.45. The molecule has 166 valence electrons. The van der Waals surface area contributed by atoms with Gasteiger partial charge < -0.3 is 15.4 Å². The van der Waals surface area contributed by atoms with Gasteiger partial charge in [0.15, 0.2) is 0 Å². The van der Waals surface area contributed by atoms with E-state index in [2.05, 4.69) is 10.6 Å². The van der Waals surface area contributed by atoms with E-state index in [1.54, 1.807) is 24.5 Å². The number of nitrogens with one attached hydrogen (secondary N) is 2. The maximum absolute atomic E-state index is 13.5. The highest BCUT2D eigenvalue weighted by Crippen LogP contribution is 2.34. The monoisotopic (exact) mass is 476 g/mol. The van der Waals surface area contributed by atoms with Gasteiger partial charge in [0.05, 0.1) is 12.7 Å². The second-order valence-corrected chi connectivity index (χ2v) is 8.60. The summed E-state index contributed by atoms with van der Waals surface area (Å²) in [5, 5.41) is 9.83. The summed E-state index contributed by atoms with van der Waals surface area (Å²) in [4.78, 5) is 0. The Balaban J connectivity index is 1.55. The minimum Gasteiger partial charge on any atom is -0.497 e. The summed E-state index contributed by atoms with van der Waals surface area (Å²) in [7, 11) is 1.57. The molecule has 8 heteroatoms. The second kappa shape index (κ2) is 9.30. The molecule has 0 aliphatic heterocycles. The van der Waals surface area contributed by atoms with Gasteiger partial charge in [-0.15, -0.1) is 11.3 Å². The highest BCUT2D eigenvalue weighted by Gasteiger charge is 2.31. The molecule has 1 aromatic heterocycles. The smallest absolute Gasteiger partial charge is 0.416 e. The number of rotatable bonds is 7. The van der Waals surface area contributed by atoms with Gasteiger partial charge in [0.1, 0.15) is 5.75 Å². The Morgan fingerprint density at radius 2 is 1.69 bits per heavy atom. The van der Waals surface area contributed by atoms with Gasteiger partial charge >= 0.3 is 6.18 Å². The van der Waals surface area contributed by atoms with E-state index in [4.69, 9.17) is 16.3 Å². The Hall–Kier alpha value is -2.90. The quantitative estimate of drug-likeness (QED) is 0.285. The molecule has 0 atom stereocenters. The second-order valence-electron chi connectivity index (χ2n) is 7.26. The van der Waals surface area contributed by atoms with Crippen LogP contribution in [0, 0.1) is 0 Å². The van der Waals surface area contributed by atoms with E-state index in [9.17, 15) is 13.2 Å². The Morgan fingerprint density at radius 1 is 0.938 bits per heavy atom. The average molecular weight is 477 g/mol. The number of fused-ring (bicyclic) bond motifs is 1. The van der Waals surface area contributed by atoms with Gasteiger partial charge in [0, 0.05) is 34.2 Å². The zero-order chi connectivity index (χ0) is 22.7. The van der Waals surface area contributed by atoms with Crippen LogP contribution in [0.15, 0.2) is 66.0 Å². The lowest BCUT2D eigenvalue weighted by atomic mass is 10.1. The first-order valence-electron chi connectivity index (χ1n) is 9.80. The van der Waals surface area contributed by atoms with Gasteiger partial charge in [-0.05, 0) is 70.4 Å². The van der Waals surface area contributed by atoms with Crippen LogP contribution in [0.2, 0.25) is 5.02 Å². The molecular weight excluding hydrogens is 457 g/mol. The number of hydrogen-bond donors (Lipinski definition) is 2. The summed E-state index contributed by atoms with van der Waals surface area (Å²) in [5.41, 5.74) is 1.93. The molecule has 4 aromatic rings. The molecule has 3 nitrogen and oxygen atoms in total. The molecule has 0 bridgehead atoms. The Morgan fingerprint density at radius 3 is 2.41 bits per heavy atom. The van der Waals surface area contributed by atoms with E-state index in [1.165, 1.54) is 0 Å². The van der Waals surface area contributed by atoms with Crippen molar-refractivity contribution in [3.05, 3.63) is 87.8 Å². The Kier molecular flexibility index (Phi) is 6.48. The van der Waals surface area contributed by atoms with Crippen LogP contribution in [-0.4, -0.2) is 7.11 Å². The van der Waals surface area contributed by atoms with Crippen molar-refractivity contribution >= 4 is 44.4 Å².